The van der Waals surface area contributed by atoms with Crippen molar-refractivity contribution in [1.82, 2.24) is 10.2 Å². The smallest absolute Gasteiger partial charge is 0.223 e. The van der Waals surface area contributed by atoms with E-state index in [4.69, 9.17) is 4.74 Å². The number of piperidine rings is 1. The molecule has 0 aliphatic carbocycles. The van der Waals surface area contributed by atoms with Crippen molar-refractivity contribution in [3.05, 3.63) is 0 Å². The van der Waals surface area contributed by atoms with E-state index >= 15 is 0 Å². The van der Waals surface area contributed by atoms with Gasteiger partial charge in [0.05, 0.1) is 6.10 Å². The maximum absolute atomic E-state index is 11.9. The highest BCUT2D eigenvalue weighted by molar-refractivity contribution is 5.86. The zero-order valence-corrected chi connectivity index (χ0v) is 11.0. The first-order valence-electron chi connectivity index (χ1n) is 6.80. The van der Waals surface area contributed by atoms with Gasteiger partial charge in [-0.3, -0.25) is 9.59 Å². The van der Waals surface area contributed by atoms with Crippen LogP contribution >= 0.6 is 0 Å². The zero-order valence-electron chi connectivity index (χ0n) is 11.0. The van der Waals surface area contributed by atoms with E-state index in [1.165, 1.54) is 0 Å². The number of carbonyl (C=O) groups is 2. The number of carbonyl (C=O) groups excluding carboxylic acids is 2. The van der Waals surface area contributed by atoms with E-state index in [2.05, 4.69) is 5.32 Å². The molecule has 5 heteroatoms. The molecule has 2 rings (SSSR count). The van der Waals surface area contributed by atoms with Gasteiger partial charge in [-0.2, -0.15) is 0 Å². The number of nitrogens with one attached hydrogen (secondary N) is 1. The van der Waals surface area contributed by atoms with Crippen LogP contribution in [-0.4, -0.2) is 49.6 Å². The van der Waals surface area contributed by atoms with Crippen LogP contribution in [0.1, 0.15) is 32.1 Å². The van der Waals surface area contributed by atoms with Crippen LogP contribution in [0.3, 0.4) is 0 Å². The molecule has 0 radical (unpaired) electrons. The molecule has 2 fully saturated rings. The zero-order chi connectivity index (χ0) is 13.0. The molecule has 2 aliphatic heterocycles. The monoisotopic (exact) mass is 254 g/mol. The number of nitrogens with zero attached hydrogens (tertiary/aromatic N) is 1. The van der Waals surface area contributed by atoms with Crippen LogP contribution < -0.4 is 5.32 Å². The molecule has 0 bridgehead atoms. The van der Waals surface area contributed by atoms with Gasteiger partial charge in [0.15, 0.2) is 0 Å². The molecule has 2 heterocycles. The Morgan fingerprint density at radius 2 is 2.33 bits per heavy atom. The Morgan fingerprint density at radius 1 is 1.50 bits per heavy atom. The van der Waals surface area contributed by atoms with Gasteiger partial charge in [0.25, 0.3) is 0 Å². The second kappa shape index (κ2) is 6.18. The molecule has 0 aromatic carbocycles. The van der Waals surface area contributed by atoms with Crippen molar-refractivity contribution < 1.29 is 14.3 Å². The van der Waals surface area contributed by atoms with Gasteiger partial charge in [0.1, 0.15) is 0 Å². The Bertz CT molecular complexity index is 313. The number of ether oxygens (including phenoxy) is 1. The quantitative estimate of drug-likeness (QED) is 0.796. The summed E-state index contributed by atoms with van der Waals surface area (Å²) in [5, 5.41) is 2.92. The van der Waals surface area contributed by atoms with Crippen LogP contribution in [0, 0.1) is 5.92 Å². The van der Waals surface area contributed by atoms with E-state index in [1.54, 1.807) is 11.9 Å². The largest absolute Gasteiger partial charge is 0.378 e. The highest BCUT2D eigenvalue weighted by atomic mass is 16.5. The summed E-state index contributed by atoms with van der Waals surface area (Å²) in [6.45, 7) is 2.19. The Hall–Kier alpha value is -1.10. The molecule has 102 valence electrons. The molecule has 0 unspecified atom stereocenters. The maximum Gasteiger partial charge on any atom is 0.223 e. The fourth-order valence-electron chi connectivity index (χ4n) is 2.54. The lowest BCUT2D eigenvalue weighted by Crippen LogP contribution is -2.42. The predicted molar refractivity (Wildman–Crippen MR) is 67.0 cm³/mol. The molecule has 18 heavy (non-hydrogen) atoms. The van der Waals surface area contributed by atoms with E-state index in [9.17, 15) is 9.59 Å². The summed E-state index contributed by atoms with van der Waals surface area (Å²) in [5.74, 6) is -0.0480. The van der Waals surface area contributed by atoms with Crippen LogP contribution in [0.15, 0.2) is 0 Å². The summed E-state index contributed by atoms with van der Waals surface area (Å²) in [7, 11) is 1.79. The normalized spacial score (nSPS) is 28.5. The van der Waals surface area contributed by atoms with Crippen molar-refractivity contribution >= 4 is 11.8 Å². The first kappa shape index (κ1) is 13.3. The van der Waals surface area contributed by atoms with Gasteiger partial charge in [0, 0.05) is 39.1 Å². The lowest BCUT2D eigenvalue weighted by Gasteiger charge is -2.28. The van der Waals surface area contributed by atoms with Crippen LogP contribution in [-0.2, 0) is 14.3 Å². The first-order valence-corrected chi connectivity index (χ1v) is 6.80. The fourth-order valence-corrected chi connectivity index (χ4v) is 2.54. The molecule has 0 aromatic heterocycles. The average molecular weight is 254 g/mol. The minimum atomic E-state index is -0.141. The molecular formula is C13H22N2O3. The molecule has 1 N–H and O–H groups in total. The van der Waals surface area contributed by atoms with Crippen molar-refractivity contribution in [3.8, 4) is 0 Å². The molecule has 2 saturated heterocycles. The third-order valence-electron chi connectivity index (χ3n) is 3.82. The molecular weight excluding hydrogens is 232 g/mol. The van der Waals surface area contributed by atoms with E-state index in [0.29, 0.717) is 25.6 Å². The molecule has 0 aromatic rings. The number of amides is 2. The van der Waals surface area contributed by atoms with Gasteiger partial charge in [0.2, 0.25) is 11.8 Å². The van der Waals surface area contributed by atoms with Gasteiger partial charge >= 0.3 is 0 Å². The number of likely N-dealkylation sites (tertiary alicyclic amines) is 1. The van der Waals surface area contributed by atoms with Crippen molar-refractivity contribution in [1.29, 1.82) is 0 Å². The Morgan fingerprint density at radius 3 is 3.00 bits per heavy atom. The van der Waals surface area contributed by atoms with Crippen molar-refractivity contribution in [2.45, 2.75) is 38.2 Å². The summed E-state index contributed by atoms with van der Waals surface area (Å²) in [5.41, 5.74) is 0. The molecule has 0 spiro atoms. The molecule has 2 amide bonds. The van der Waals surface area contributed by atoms with Crippen LogP contribution in [0.4, 0.5) is 0 Å². The first-order chi connectivity index (χ1) is 8.66. The maximum atomic E-state index is 11.9. The molecule has 2 aliphatic rings. The van der Waals surface area contributed by atoms with E-state index < -0.39 is 0 Å². The Balaban J connectivity index is 1.66. The van der Waals surface area contributed by atoms with Gasteiger partial charge in [-0.05, 0) is 25.7 Å². The standard InChI is InChI=1S/C13H22N2O3/c1-15-7-5-10(9-12(15)16)13(17)14-6-4-11-3-2-8-18-11/h10-11H,2-9H2,1H3,(H,14,17)/t10-,11-/m0/s1. The molecule has 0 saturated carbocycles. The van der Waals surface area contributed by atoms with Gasteiger partial charge in [-0.15, -0.1) is 0 Å². The van der Waals surface area contributed by atoms with Crippen molar-refractivity contribution in [2.75, 3.05) is 26.7 Å². The predicted octanol–water partition coefficient (Wildman–Crippen LogP) is 0.540. The lowest BCUT2D eigenvalue weighted by molar-refractivity contribution is -0.139. The van der Waals surface area contributed by atoms with Gasteiger partial charge in [-0.25, -0.2) is 0 Å². The summed E-state index contributed by atoms with van der Waals surface area (Å²) in [4.78, 5) is 25.1. The summed E-state index contributed by atoms with van der Waals surface area (Å²) < 4.78 is 5.50. The summed E-state index contributed by atoms with van der Waals surface area (Å²) in [6.07, 6.45) is 4.54. The summed E-state index contributed by atoms with van der Waals surface area (Å²) >= 11 is 0. The summed E-state index contributed by atoms with van der Waals surface area (Å²) in [6, 6.07) is 0. The topological polar surface area (TPSA) is 58.6 Å². The van der Waals surface area contributed by atoms with Gasteiger partial charge in [-0.1, -0.05) is 0 Å². The number of hydrogen-bond acceptors (Lipinski definition) is 3. The van der Waals surface area contributed by atoms with E-state index in [1.807, 2.05) is 0 Å². The highest BCUT2D eigenvalue weighted by Gasteiger charge is 2.28. The van der Waals surface area contributed by atoms with E-state index in [-0.39, 0.29) is 17.7 Å². The minimum Gasteiger partial charge on any atom is -0.378 e. The number of rotatable bonds is 4. The third-order valence-corrected chi connectivity index (χ3v) is 3.82. The van der Waals surface area contributed by atoms with Crippen molar-refractivity contribution in [3.63, 3.8) is 0 Å². The van der Waals surface area contributed by atoms with E-state index in [0.717, 1.165) is 32.3 Å². The van der Waals surface area contributed by atoms with Crippen LogP contribution in [0.2, 0.25) is 0 Å². The average Bonchev–Trinajstić information content (AvgIpc) is 2.85. The Labute approximate surface area is 108 Å². The minimum absolute atomic E-state index is 0.0226. The number of hydrogen-bond donors (Lipinski definition) is 1. The highest BCUT2D eigenvalue weighted by Crippen LogP contribution is 2.18. The van der Waals surface area contributed by atoms with Gasteiger partial charge < -0.3 is 15.0 Å². The molecule has 2 atom stereocenters. The Kier molecular flexibility index (Phi) is 4.58. The third kappa shape index (κ3) is 3.45. The van der Waals surface area contributed by atoms with Crippen molar-refractivity contribution in [2.24, 2.45) is 5.92 Å². The lowest BCUT2D eigenvalue weighted by atomic mass is 9.95. The second-order valence-corrected chi connectivity index (χ2v) is 5.22. The SMILES string of the molecule is CN1CC[C@H](C(=O)NCC[C@@H]2CCCO2)CC1=O. The van der Waals surface area contributed by atoms with Crippen LogP contribution in [0.25, 0.3) is 0 Å². The van der Waals surface area contributed by atoms with Crippen LogP contribution in [0.5, 0.6) is 0 Å². The molecule has 5 nitrogen and oxygen atoms in total. The second-order valence-electron chi connectivity index (χ2n) is 5.22. The fraction of sp³-hybridized carbons (Fsp3) is 0.846.